The van der Waals surface area contributed by atoms with E-state index < -0.39 is 4.92 Å². The van der Waals surface area contributed by atoms with Crippen LogP contribution in [0.4, 0.5) is 11.5 Å². The topological polar surface area (TPSA) is 72.8 Å². The van der Waals surface area contributed by atoms with Gasteiger partial charge in [0, 0.05) is 40.7 Å². The van der Waals surface area contributed by atoms with Gasteiger partial charge in [-0.05, 0) is 18.2 Å². The number of non-ortho nitro benzene ring substituents is 1. The van der Waals surface area contributed by atoms with E-state index >= 15 is 0 Å². The fraction of sp³-hybridized carbons (Fsp3) is 0. The van der Waals surface area contributed by atoms with Gasteiger partial charge in [0.05, 0.1) is 4.92 Å². The first kappa shape index (κ1) is 16.9. The van der Waals surface area contributed by atoms with Gasteiger partial charge in [-0.1, -0.05) is 48.0 Å². The summed E-state index contributed by atoms with van der Waals surface area (Å²) in [5.74, 6) is 0.575. The first-order chi connectivity index (χ1) is 13.1. The number of aliphatic imine (C=N–C) groups is 1. The summed E-state index contributed by atoms with van der Waals surface area (Å²) < 4.78 is 1.83. The number of aromatic nitrogens is 2. The van der Waals surface area contributed by atoms with Gasteiger partial charge in [-0.3, -0.25) is 14.5 Å². The predicted molar refractivity (Wildman–Crippen MR) is 106 cm³/mol. The van der Waals surface area contributed by atoms with Crippen molar-refractivity contribution in [3.8, 4) is 11.3 Å². The van der Waals surface area contributed by atoms with E-state index in [0.29, 0.717) is 27.7 Å². The van der Waals surface area contributed by atoms with Crippen LogP contribution in [0.25, 0.3) is 16.9 Å². The lowest BCUT2D eigenvalue weighted by atomic mass is 10.1. The molecule has 4 aromatic rings. The zero-order chi connectivity index (χ0) is 18.8. The number of fused-ring (bicyclic) bond motifs is 1. The molecule has 4 rings (SSSR count). The van der Waals surface area contributed by atoms with Crippen LogP contribution in [0.5, 0.6) is 0 Å². The number of imidazole rings is 1. The SMILES string of the molecule is O=[N+]([O-])c1cccc(-c2nc3ccccn3c2N=Cc2ccccc2Cl)c1. The van der Waals surface area contributed by atoms with E-state index in [-0.39, 0.29) is 5.69 Å². The molecule has 27 heavy (non-hydrogen) atoms. The molecule has 0 fully saturated rings. The number of nitrogens with zero attached hydrogens (tertiary/aromatic N) is 4. The van der Waals surface area contributed by atoms with Crippen molar-refractivity contribution in [3.05, 3.63) is 93.6 Å². The van der Waals surface area contributed by atoms with Gasteiger partial charge < -0.3 is 0 Å². The molecule has 2 aromatic carbocycles. The largest absolute Gasteiger partial charge is 0.284 e. The van der Waals surface area contributed by atoms with Crippen LogP contribution in [0, 0.1) is 10.1 Å². The van der Waals surface area contributed by atoms with E-state index in [1.165, 1.54) is 12.1 Å². The highest BCUT2D eigenvalue weighted by molar-refractivity contribution is 6.33. The Morgan fingerprint density at radius 3 is 2.70 bits per heavy atom. The molecule has 0 atom stereocenters. The molecule has 0 bridgehead atoms. The van der Waals surface area contributed by atoms with E-state index in [1.54, 1.807) is 24.4 Å². The number of rotatable bonds is 4. The van der Waals surface area contributed by atoms with Gasteiger partial charge in [-0.2, -0.15) is 0 Å². The molecule has 0 saturated carbocycles. The number of hydrogen-bond acceptors (Lipinski definition) is 4. The second-order valence-electron chi connectivity index (χ2n) is 5.80. The van der Waals surface area contributed by atoms with Crippen molar-refractivity contribution < 1.29 is 4.92 Å². The second kappa shape index (κ2) is 7.01. The maximum Gasteiger partial charge on any atom is 0.270 e. The third-order valence-electron chi connectivity index (χ3n) is 4.07. The number of pyridine rings is 1. The summed E-state index contributed by atoms with van der Waals surface area (Å²) in [7, 11) is 0. The molecule has 0 unspecified atom stereocenters. The average Bonchev–Trinajstić information content (AvgIpc) is 3.06. The van der Waals surface area contributed by atoms with E-state index in [0.717, 1.165) is 5.56 Å². The summed E-state index contributed by atoms with van der Waals surface area (Å²) in [4.78, 5) is 19.9. The fourth-order valence-corrected chi connectivity index (χ4v) is 2.96. The Labute approximate surface area is 159 Å². The van der Waals surface area contributed by atoms with Gasteiger partial charge in [0.1, 0.15) is 11.3 Å². The molecule has 0 aliphatic carbocycles. The van der Waals surface area contributed by atoms with Crippen molar-refractivity contribution in [1.82, 2.24) is 9.38 Å². The highest BCUT2D eigenvalue weighted by Crippen LogP contribution is 2.32. The van der Waals surface area contributed by atoms with Crippen LogP contribution in [0.3, 0.4) is 0 Å². The summed E-state index contributed by atoms with van der Waals surface area (Å²) in [6.07, 6.45) is 3.52. The molecule has 2 aromatic heterocycles. The first-order valence-corrected chi connectivity index (χ1v) is 8.52. The van der Waals surface area contributed by atoms with Crippen molar-refractivity contribution in [3.63, 3.8) is 0 Å². The lowest BCUT2D eigenvalue weighted by molar-refractivity contribution is -0.384. The molecule has 0 aliphatic rings. The molecule has 0 amide bonds. The summed E-state index contributed by atoms with van der Waals surface area (Å²) in [5, 5.41) is 11.7. The van der Waals surface area contributed by atoms with Crippen LogP contribution < -0.4 is 0 Å². The average molecular weight is 377 g/mol. The number of nitro benzene ring substituents is 1. The predicted octanol–water partition coefficient (Wildman–Crippen LogP) is 5.31. The minimum atomic E-state index is -0.425. The van der Waals surface area contributed by atoms with Gasteiger partial charge in [0.15, 0.2) is 5.82 Å². The quantitative estimate of drug-likeness (QED) is 0.275. The highest BCUT2D eigenvalue weighted by Gasteiger charge is 2.15. The number of benzene rings is 2. The molecule has 0 radical (unpaired) electrons. The molecule has 132 valence electrons. The number of hydrogen-bond donors (Lipinski definition) is 0. The van der Waals surface area contributed by atoms with Crippen molar-refractivity contribution in [2.45, 2.75) is 0 Å². The van der Waals surface area contributed by atoms with Crippen molar-refractivity contribution >= 4 is 35.0 Å². The van der Waals surface area contributed by atoms with Crippen LogP contribution in [-0.4, -0.2) is 20.5 Å². The Morgan fingerprint density at radius 2 is 1.89 bits per heavy atom. The minimum Gasteiger partial charge on any atom is -0.284 e. The summed E-state index contributed by atoms with van der Waals surface area (Å²) in [6, 6.07) is 19.4. The first-order valence-electron chi connectivity index (χ1n) is 8.14. The zero-order valence-electron chi connectivity index (χ0n) is 14.0. The maximum atomic E-state index is 11.1. The minimum absolute atomic E-state index is 0.00518. The fourth-order valence-electron chi connectivity index (χ4n) is 2.78. The highest BCUT2D eigenvalue weighted by atomic mass is 35.5. The molecule has 0 N–H and O–H groups in total. The monoisotopic (exact) mass is 376 g/mol. The Morgan fingerprint density at radius 1 is 1.07 bits per heavy atom. The van der Waals surface area contributed by atoms with Crippen LogP contribution >= 0.6 is 11.6 Å². The van der Waals surface area contributed by atoms with E-state index in [1.807, 2.05) is 47.0 Å². The molecule has 2 heterocycles. The Hall–Kier alpha value is -3.51. The van der Waals surface area contributed by atoms with Crippen LogP contribution in [-0.2, 0) is 0 Å². The number of halogens is 1. The van der Waals surface area contributed by atoms with Crippen molar-refractivity contribution in [1.29, 1.82) is 0 Å². The van der Waals surface area contributed by atoms with Crippen molar-refractivity contribution in [2.24, 2.45) is 4.99 Å². The molecular weight excluding hydrogens is 364 g/mol. The summed E-state index contributed by atoms with van der Waals surface area (Å²) in [5.41, 5.74) is 2.67. The van der Waals surface area contributed by atoms with Gasteiger partial charge in [-0.15, -0.1) is 0 Å². The van der Waals surface area contributed by atoms with E-state index in [4.69, 9.17) is 11.6 Å². The van der Waals surface area contributed by atoms with Crippen LogP contribution in [0.15, 0.2) is 77.9 Å². The summed E-state index contributed by atoms with van der Waals surface area (Å²) >= 11 is 6.21. The van der Waals surface area contributed by atoms with Gasteiger partial charge in [0.2, 0.25) is 0 Å². The van der Waals surface area contributed by atoms with Gasteiger partial charge in [0.25, 0.3) is 5.69 Å². The van der Waals surface area contributed by atoms with Crippen molar-refractivity contribution in [2.75, 3.05) is 0 Å². The van der Waals surface area contributed by atoms with Crippen LogP contribution in [0.1, 0.15) is 5.56 Å². The third-order valence-corrected chi connectivity index (χ3v) is 4.41. The normalized spacial score (nSPS) is 11.3. The maximum absolute atomic E-state index is 11.1. The Kier molecular flexibility index (Phi) is 4.40. The lowest BCUT2D eigenvalue weighted by Crippen LogP contribution is -1.89. The Balaban J connectivity index is 1.89. The lowest BCUT2D eigenvalue weighted by Gasteiger charge is -2.01. The summed E-state index contributed by atoms with van der Waals surface area (Å²) in [6.45, 7) is 0. The smallest absolute Gasteiger partial charge is 0.270 e. The van der Waals surface area contributed by atoms with E-state index in [9.17, 15) is 10.1 Å². The van der Waals surface area contributed by atoms with Gasteiger partial charge in [-0.25, -0.2) is 9.98 Å². The molecular formula is C20H13ClN4O2. The molecule has 0 spiro atoms. The third kappa shape index (κ3) is 3.30. The second-order valence-corrected chi connectivity index (χ2v) is 6.21. The standard InChI is InChI=1S/C20H13ClN4O2/c21-17-9-2-1-6-15(17)13-22-20-19(23-18-10-3-4-11-24(18)20)14-7-5-8-16(12-14)25(26)27/h1-13H. The van der Waals surface area contributed by atoms with E-state index in [2.05, 4.69) is 9.98 Å². The number of nitro groups is 1. The van der Waals surface area contributed by atoms with Gasteiger partial charge >= 0.3 is 0 Å². The zero-order valence-corrected chi connectivity index (χ0v) is 14.7. The Bertz CT molecular complexity index is 1180. The molecule has 7 heteroatoms. The molecule has 0 saturated heterocycles. The molecule has 0 aliphatic heterocycles. The molecule has 6 nitrogen and oxygen atoms in total. The van der Waals surface area contributed by atoms with Crippen LogP contribution in [0.2, 0.25) is 5.02 Å².